The van der Waals surface area contributed by atoms with Gasteiger partial charge in [0.05, 0.1) is 23.8 Å². The minimum Gasteiger partial charge on any atom is -0.495 e. The molecule has 0 unspecified atom stereocenters. The molecule has 1 aliphatic heterocycles. The molecule has 0 spiro atoms. The van der Waals surface area contributed by atoms with E-state index >= 15 is 0 Å². The second kappa shape index (κ2) is 10.5. The molecule has 2 amide bonds. The lowest BCUT2D eigenvalue weighted by Gasteiger charge is -2.27. The first-order valence-corrected chi connectivity index (χ1v) is 12.4. The van der Waals surface area contributed by atoms with E-state index in [0.717, 1.165) is 35.6 Å². The molecule has 4 rings (SSSR count). The first kappa shape index (κ1) is 24.8. The van der Waals surface area contributed by atoms with E-state index in [4.69, 9.17) is 9.72 Å². The van der Waals surface area contributed by atoms with Crippen molar-refractivity contribution in [1.82, 2.24) is 14.5 Å². The number of carbonyl (C=O) groups excluding carboxylic acids is 2. The highest BCUT2D eigenvalue weighted by Crippen LogP contribution is 2.37. The standard InChI is InChI=1S/C28H36N4O3/c1-19(2)15-30(16-20(3)4)27(34)18-32-23-11-7-6-10-22(23)29-28(32)21-14-26(33)31(17-21)24-12-8-9-13-25(24)35-5/h6-13,19-21H,14-18H2,1-5H3/t21-/m0/s1. The van der Waals surface area contributed by atoms with Crippen LogP contribution < -0.4 is 9.64 Å². The normalized spacial score (nSPS) is 16.0. The van der Waals surface area contributed by atoms with Crippen LogP contribution in [0.4, 0.5) is 5.69 Å². The van der Waals surface area contributed by atoms with Gasteiger partial charge in [-0.05, 0) is 36.1 Å². The highest BCUT2D eigenvalue weighted by Gasteiger charge is 2.36. The molecule has 1 fully saturated rings. The van der Waals surface area contributed by atoms with E-state index in [1.54, 1.807) is 12.0 Å². The van der Waals surface area contributed by atoms with E-state index in [2.05, 4.69) is 27.7 Å². The number of hydrogen-bond donors (Lipinski definition) is 0. The van der Waals surface area contributed by atoms with Crippen molar-refractivity contribution in [3.63, 3.8) is 0 Å². The van der Waals surface area contributed by atoms with Gasteiger partial charge in [-0.15, -0.1) is 0 Å². The molecule has 0 saturated carbocycles. The van der Waals surface area contributed by atoms with Crippen LogP contribution in [-0.2, 0) is 16.1 Å². The van der Waals surface area contributed by atoms with Gasteiger partial charge in [0.15, 0.2) is 0 Å². The maximum absolute atomic E-state index is 13.5. The monoisotopic (exact) mass is 476 g/mol. The van der Waals surface area contributed by atoms with Crippen LogP contribution in [0, 0.1) is 11.8 Å². The summed E-state index contributed by atoms with van der Waals surface area (Å²) in [4.78, 5) is 35.3. The van der Waals surface area contributed by atoms with Crippen LogP contribution in [0.2, 0.25) is 0 Å². The Morgan fingerprint density at radius 2 is 1.71 bits per heavy atom. The highest BCUT2D eigenvalue weighted by molar-refractivity contribution is 5.98. The van der Waals surface area contributed by atoms with Crippen molar-refractivity contribution in [2.75, 3.05) is 31.6 Å². The number of anilines is 1. The molecule has 0 bridgehead atoms. The van der Waals surface area contributed by atoms with Crippen LogP contribution in [-0.4, -0.2) is 53.0 Å². The van der Waals surface area contributed by atoms with Crippen molar-refractivity contribution in [3.05, 3.63) is 54.4 Å². The Morgan fingerprint density at radius 1 is 1.06 bits per heavy atom. The second-order valence-corrected chi connectivity index (χ2v) is 10.2. The Labute approximate surface area is 207 Å². The van der Waals surface area contributed by atoms with Gasteiger partial charge in [0, 0.05) is 32.0 Å². The summed E-state index contributed by atoms with van der Waals surface area (Å²) in [5.41, 5.74) is 2.53. The van der Waals surface area contributed by atoms with Crippen molar-refractivity contribution in [2.45, 2.75) is 46.6 Å². The summed E-state index contributed by atoms with van der Waals surface area (Å²) in [6.45, 7) is 10.7. The molecule has 1 aromatic heterocycles. The summed E-state index contributed by atoms with van der Waals surface area (Å²) in [6, 6.07) is 15.5. The molecule has 2 aromatic carbocycles. The molecule has 7 nitrogen and oxygen atoms in total. The average molecular weight is 477 g/mol. The Morgan fingerprint density at radius 3 is 2.40 bits per heavy atom. The molecule has 1 saturated heterocycles. The van der Waals surface area contributed by atoms with E-state index in [1.165, 1.54) is 0 Å². The Kier molecular flexibility index (Phi) is 7.43. The fraction of sp³-hybridized carbons (Fsp3) is 0.464. The van der Waals surface area contributed by atoms with Crippen molar-refractivity contribution in [3.8, 4) is 5.75 Å². The fourth-order valence-corrected chi connectivity index (χ4v) is 4.93. The molecular weight excluding hydrogens is 440 g/mol. The quantitative estimate of drug-likeness (QED) is 0.449. The SMILES string of the molecule is COc1ccccc1N1C[C@@H](c2nc3ccccc3n2CC(=O)N(CC(C)C)CC(C)C)CC1=O. The molecule has 1 atom stereocenters. The maximum atomic E-state index is 13.5. The molecule has 0 N–H and O–H groups in total. The van der Waals surface area contributed by atoms with Gasteiger partial charge in [0.2, 0.25) is 11.8 Å². The lowest BCUT2D eigenvalue weighted by Crippen LogP contribution is -2.39. The molecule has 0 aliphatic carbocycles. The van der Waals surface area contributed by atoms with Crippen LogP contribution in [0.1, 0.15) is 45.9 Å². The van der Waals surface area contributed by atoms with E-state index in [9.17, 15) is 9.59 Å². The maximum Gasteiger partial charge on any atom is 0.242 e. The summed E-state index contributed by atoms with van der Waals surface area (Å²) in [6.07, 6.45) is 0.345. The van der Waals surface area contributed by atoms with Gasteiger partial charge in [0.1, 0.15) is 18.1 Å². The fourth-order valence-electron chi connectivity index (χ4n) is 4.93. The minimum absolute atomic E-state index is 0.0330. The van der Waals surface area contributed by atoms with Gasteiger partial charge >= 0.3 is 0 Å². The second-order valence-electron chi connectivity index (χ2n) is 10.2. The van der Waals surface area contributed by atoms with E-state index in [-0.39, 0.29) is 24.3 Å². The first-order valence-electron chi connectivity index (χ1n) is 12.4. The lowest BCUT2D eigenvalue weighted by molar-refractivity contribution is -0.132. The zero-order valence-corrected chi connectivity index (χ0v) is 21.4. The molecule has 35 heavy (non-hydrogen) atoms. The number of carbonyl (C=O) groups is 2. The topological polar surface area (TPSA) is 67.7 Å². The number of amides is 2. The molecule has 2 heterocycles. The van der Waals surface area contributed by atoms with Crippen LogP contribution in [0.5, 0.6) is 5.75 Å². The van der Waals surface area contributed by atoms with E-state index < -0.39 is 0 Å². The van der Waals surface area contributed by atoms with Crippen molar-refractivity contribution < 1.29 is 14.3 Å². The van der Waals surface area contributed by atoms with Gasteiger partial charge in [-0.25, -0.2) is 4.98 Å². The summed E-state index contributed by atoms with van der Waals surface area (Å²) in [5, 5.41) is 0. The Hall–Kier alpha value is -3.35. The largest absolute Gasteiger partial charge is 0.495 e. The zero-order chi connectivity index (χ0) is 25.1. The highest BCUT2D eigenvalue weighted by atomic mass is 16.5. The minimum atomic E-state index is -0.115. The number of rotatable bonds is 9. The lowest BCUT2D eigenvalue weighted by atomic mass is 10.1. The number of para-hydroxylation sites is 4. The third kappa shape index (κ3) is 5.34. The van der Waals surface area contributed by atoms with E-state index in [0.29, 0.717) is 30.6 Å². The number of benzene rings is 2. The summed E-state index contributed by atoms with van der Waals surface area (Å²) >= 11 is 0. The molecule has 1 aliphatic rings. The summed E-state index contributed by atoms with van der Waals surface area (Å²) in [5.74, 6) is 2.24. The Bertz CT molecular complexity index is 1190. The zero-order valence-electron chi connectivity index (χ0n) is 21.4. The molecule has 3 aromatic rings. The Balaban J connectivity index is 1.66. The van der Waals surface area contributed by atoms with Crippen molar-refractivity contribution >= 4 is 28.5 Å². The van der Waals surface area contributed by atoms with Gasteiger partial charge < -0.3 is 19.1 Å². The smallest absolute Gasteiger partial charge is 0.242 e. The van der Waals surface area contributed by atoms with Crippen LogP contribution in [0.3, 0.4) is 0 Å². The number of methoxy groups -OCH3 is 1. The third-order valence-electron chi connectivity index (χ3n) is 6.37. The summed E-state index contributed by atoms with van der Waals surface area (Å²) in [7, 11) is 1.61. The predicted molar refractivity (Wildman–Crippen MR) is 139 cm³/mol. The molecule has 186 valence electrons. The van der Waals surface area contributed by atoms with Gasteiger partial charge in [0.25, 0.3) is 0 Å². The third-order valence-corrected chi connectivity index (χ3v) is 6.37. The predicted octanol–water partition coefficient (Wildman–Crippen LogP) is 4.71. The number of hydrogen-bond acceptors (Lipinski definition) is 4. The number of ether oxygens (including phenoxy) is 1. The molecule has 0 radical (unpaired) electrons. The number of nitrogens with zero attached hydrogens (tertiary/aromatic N) is 4. The van der Waals surface area contributed by atoms with Crippen molar-refractivity contribution in [2.24, 2.45) is 11.8 Å². The number of fused-ring (bicyclic) bond motifs is 1. The first-order chi connectivity index (χ1) is 16.8. The van der Waals surface area contributed by atoms with Gasteiger partial charge in [-0.3, -0.25) is 9.59 Å². The van der Waals surface area contributed by atoms with Crippen LogP contribution in [0.15, 0.2) is 48.5 Å². The molecular formula is C28H36N4O3. The van der Waals surface area contributed by atoms with Crippen LogP contribution in [0.25, 0.3) is 11.0 Å². The number of imidazole rings is 1. The summed E-state index contributed by atoms with van der Waals surface area (Å²) < 4.78 is 7.52. The number of aromatic nitrogens is 2. The van der Waals surface area contributed by atoms with Gasteiger partial charge in [-0.1, -0.05) is 52.0 Å². The average Bonchev–Trinajstić information content (AvgIpc) is 3.38. The van der Waals surface area contributed by atoms with Crippen molar-refractivity contribution in [1.29, 1.82) is 0 Å². The molecule has 7 heteroatoms. The van der Waals surface area contributed by atoms with Crippen LogP contribution >= 0.6 is 0 Å². The van der Waals surface area contributed by atoms with E-state index in [1.807, 2.05) is 58.0 Å². The van der Waals surface area contributed by atoms with Gasteiger partial charge in [-0.2, -0.15) is 0 Å².